The number of piperidine rings is 2. The molecule has 2 N–H and O–H groups in total. The number of amides is 1. The molecule has 2 aliphatic carbocycles. The third-order valence-electron chi connectivity index (χ3n) is 7.75. The van der Waals surface area contributed by atoms with E-state index < -0.39 is 0 Å². The molecule has 4 aliphatic rings. The number of hydrogen-bond acceptors (Lipinski definition) is 5. The molecule has 1 amide bonds. The van der Waals surface area contributed by atoms with Gasteiger partial charge in [-0.1, -0.05) is 60.7 Å². The van der Waals surface area contributed by atoms with Gasteiger partial charge in [-0.05, 0) is 47.6 Å². The summed E-state index contributed by atoms with van der Waals surface area (Å²) in [4.78, 5) is 16.1. The van der Waals surface area contributed by atoms with Gasteiger partial charge in [0, 0.05) is 25.7 Å². The summed E-state index contributed by atoms with van der Waals surface area (Å²) in [5.41, 5.74) is 2.34. The maximum absolute atomic E-state index is 11.9. The van der Waals surface area contributed by atoms with Gasteiger partial charge in [0.1, 0.15) is 6.61 Å². The van der Waals surface area contributed by atoms with Gasteiger partial charge in [-0.15, -0.1) is 0 Å². The lowest BCUT2D eigenvalue weighted by molar-refractivity contribution is 0.0713. The maximum Gasteiger partial charge on any atom is 0.410 e. The molecule has 0 radical (unpaired) electrons. The van der Waals surface area contributed by atoms with Crippen LogP contribution in [0.15, 0.2) is 60.7 Å². The van der Waals surface area contributed by atoms with Gasteiger partial charge in [0.15, 0.2) is 0 Å². The fourth-order valence-corrected chi connectivity index (χ4v) is 5.73. The van der Waals surface area contributed by atoms with E-state index >= 15 is 0 Å². The Hall–Kier alpha value is -2.41. The zero-order valence-electron chi connectivity index (χ0n) is 19.0. The number of carbonyl (C=O) groups excluding carboxylic acids is 1. The second-order valence-electron chi connectivity index (χ2n) is 9.93. The Morgan fingerprint density at radius 2 is 1.39 bits per heavy atom. The van der Waals surface area contributed by atoms with Crippen LogP contribution < -0.4 is 0 Å². The molecule has 4 fully saturated rings. The predicted octanol–water partition coefficient (Wildman–Crippen LogP) is 3.14. The summed E-state index contributed by atoms with van der Waals surface area (Å²) >= 11 is 0. The van der Waals surface area contributed by atoms with E-state index in [2.05, 4.69) is 35.2 Å². The number of ether oxygens (including phenoxy) is 1. The van der Waals surface area contributed by atoms with E-state index in [1.54, 1.807) is 4.90 Å². The highest BCUT2D eigenvalue weighted by Gasteiger charge is 2.54. The lowest BCUT2D eigenvalue weighted by Gasteiger charge is -2.25. The van der Waals surface area contributed by atoms with Crippen LogP contribution in [-0.2, 0) is 17.9 Å². The average molecular weight is 451 g/mol. The highest BCUT2D eigenvalue weighted by atomic mass is 16.6. The van der Waals surface area contributed by atoms with Crippen LogP contribution in [0.2, 0.25) is 0 Å². The molecule has 0 spiro atoms. The van der Waals surface area contributed by atoms with E-state index in [1.165, 1.54) is 18.5 Å². The Kier molecular flexibility index (Phi) is 6.67. The fraction of sp³-hybridized carbons (Fsp3) is 0.519. The van der Waals surface area contributed by atoms with Crippen LogP contribution in [0.25, 0.3) is 0 Å². The molecular weight excluding hydrogens is 416 g/mol. The van der Waals surface area contributed by atoms with Gasteiger partial charge in [-0.3, -0.25) is 4.90 Å². The standard InChI is InChI=1S/C14H17NO3.C13H17NO/c16-8-13-12-6-11(12)7-15(13)14(17)18-9-10-4-2-1-3-5-10;15-9-13-12-6-11(12)8-14(13)7-10-4-2-1-3-5-10/h1-5,11-13,16H,6-9H2;1-5,11-13,15H,6-9H2/t2*11?,12?,13-/m11/s1. The van der Waals surface area contributed by atoms with Crippen molar-refractivity contribution in [3.8, 4) is 0 Å². The second kappa shape index (κ2) is 9.84. The van der Waals surface area contributed by atoms with Crippen LogP contribution in [0.4, 0.5) is 4.79 Å². The topological polar surface area (TPSA) is 73.2 Å². The summed E-state index contributed by atoms with van der Waals surface area (Å²) in [7, 11) is 0. The highest BCUT2D eigenvalue weighted by molar-refractivity contribution is 5.69. The summed E-state index contributed by atoms with van der Waals surface area (Å²) in [5, 5.41) is 18.7. The number of hydrogen-bond donors (Lipinski definition) is 2. The van der Waals surface area contributed by atoms with Gasteiger partial charge in [-0.2, -0.15) is 0 Å². The van der Waals surface area contributed by atoms with Crippen molar-refractivity contribution in [3.63, 3.8) is 0 Å². The van der Waals surface area contributed by atoms with Crippen LogP contribution in [0.5, 0.6) is 0 Å². The average Bonchev–Trinajstić information content (AvgIpc) is 3.74. The van der Waals surface area contributed by atoms with Crippen molar-refractivity contribution < 1.29 is 19.7 Å². The van der Waals surface area contributed by atoms with Crippen molar-refractivity contribution in [1.29, 1.82) is 0 Å². The number of rotatable bonds is 6. The number of likely N-dealkylation sites (tertiary alicyclic amines) is 2. The van der Waals surface area contributed by atoms with E-state index in [9.17, 15) is 15.0 Å². The normalized spacial score (nSPS) is 31.3. The first-order chi connectivity index (χ1) is 16.2. The van der Waals surface area contributed by atoms with Crippen molar-refractivity contribution in [3.05, 3.63) is 71.8 Å². The molecule has 6 heteroatoms. The van der Waals surface area contributed by atoms with Crippen LogP contribution in [0.3, 0.4) is 0 Å². The summed E-state index contributed by atoms with van der Waals surface area (Å²) in [6, 6.07) is 20.6. The molecule has 2 saturated carbocycles. The lowest BCUT2D eigenvalue weighted by atomic mass is 10.1. The van der Waals surface area contributed by atoms with E-state index in [4.69, 9.17) is 4.74 Å². The van der Waals surface area contributed by atoms with Gasteiger partial charge in [0.2, 0.25) is 0 Å². The Morgan fingerprint density at radius 3 is 2.03 bits per heavy atom. The van der Waals surface area contributed by atoms with Crippen LogP contribution in [0.1, 0.15) is 24.0 Å². The molecule has 2 aromatic rings. The van der Waals surface area contributed by atoms with E-state index in [0.717, 1.165) is 36.9 Å². The van der Waals surface area contributed by atoms with Crippen molar-refractivity contribution in [2.45, 2.75) is 38.1 Å². The monoisotopic (exact) mass is 450 g/mol. The molecule has 0 aromatic heterocycles. The van der Waals surface area contributed by atoms with Gasteiger partial charge in [-0.25, -0.2) is 4.79 Å². The van der Waals surface area contributed by atoms with Crippen LogP contribution >= 0.6 is 0 Å². The zero-order chi connectivity index (χ0) is 22.8. The molecule has 2 aliphatic heterocycles. The molecule has 2 saturated heterocycles. The van der Waals surface area contributed by atoms with Crippen molar-refractivity contribution in [2.75, 3.05) is 26.3 Å². The molecule has 2 aromatic carbocycles. The first-order valence-corrected chi connectivity index (χ1v) is 12.1. The molecule has 6 atom stereocenters. The number of carbonyl (C=O) groups is 1. The van der Waals surface area contributed by atoms with Gasteiger partial charge in [0.25, 0.3) is 0 Å². The number of aliphatic hydroxyl groups excluding tert-OH is 2. The first-order valence-electron chi connectivity index (χ1n) is 12.1. The van der Waals surface area contributed by atoms with Gasteiger partial charge in [0.05, 0.1) is 19.3 Å². The quantitative estimate of drug-likeness (QED) is 0.708. The second-order valence-corrected chi connectivity index (χ2v) is 9.93. The minimum absolute atomic E-state index is 0.0294. The molecule has 6 nitrogen and oxygen atoms in total. The molecule has 4 unspecified atom stereocenters. The van der Waals surface area contributed by atoms with Gasteiger partial charge < -0.3 is 19.8 Å². The molecule has 6 rings (SSSR count). The highest BCUT2D eigenvalue weighted by Crippen LogP contribution is 2.50. The van der Waals surface area contributed by atoms with Gasteiger partial charge >= 0.3 is 6.09 Å². The largest absolute Gasteiger partial charge is 0.445 e. The molecule has 2 heterocycles. The minimum Gasteiger partial charge on any atom is -0.445 e. The first kappa shape index (κ1) is 22.4. The number of aliphatic hydroxyl groups is 2. The van der Waals surface area contributed by atoms with Crippen LogP contribution in [0, 0.1) is 23.7 Å². The Morgan fingerprint density at radius 1 is 0.818 bits per heavy atom. The maximum atomic E-state index is 11.9. The van der Waals surface area contributed by atoms with E-state index in [-0.39, 0.29) is 18.7 Å². The third kappa shape index (κ3) is 5.08. The minimum atomic E-state index is -0.301. The SMILES string of the molecule is O=C(OCc1ccccc1)N1CC2CC2[C@H]1CO.OC[C@@H]1C2CC2CN1Cc1ccccc1. The third-order valence-corrected chi connectivity index (χ3v) is 7.75. The fourth-order valence-electron chi connectivity index (χ4n) is 5.73. The Labute approximate surface area is 195 Å². The summed E-state index contributed by atoms with van der Waals surface area (Å²) in [5.74, 6) is 2.76. The molecule has 176 valence electrons. The number of benzene rings is 2. The molecular formula is C27H34N2O4. The van der Waals surface area contributed by atoms with Crippen molar-refractivity contribution in [2.24, 2.45) is 23.7 Å². The summed E-state index contributed by atoms with van der Waals surface area (Å²) in [6.45, 7) is 3.59. The molecule has 0 bridgehead atoms. The van der Waals surface area contributed by atoms with Crippen molar-refractivity contribution in [1.82, 2.24) is 9.80 Å². The Bertz CT molecular complexity index is 924. The number of fused-ring (bicyclic) bond motifs is 2. The Balaban J connectivity index is 0.000000140. The summed E-state index contributed by atoms with van der Waals surface area (Å²) in [6.07, 6.45) is 2.19. The lowest BCUT2D eigenvalue weighted by Crippen LogP contribution is -2.40. The molecule has 33 heavy (non-hydrogen) atoms. The van der Waals surface area contributed by atoms with E-state index in [1.807, 2.05) is 30.3 Å². The zero-order valence-corrected chi connectivity index (χ0v) is 19.0. The number of nitrogens with zero attached hydrogens (tertiary/aromatic N) is 2. The van der Waals surface area contributed by atoms with E-state index in [0.29, 0.717) is 31.1 Å². The van der Waals surface area contributed by atoms with Crippen LogP contribution in [-0.4, -0.2) is 64.5 Å². The summed E-state index contributed by atoms with van der Waals surface area (Å²) < 4.78 is 5.29. The van der Waals surface area contributed by atoms with Crippen molar-refractivity contribution >= 4 is 6.09 Å². The predicted molar refractivity (Wildman–Crippen MR) is 125 cm³/mol. The smallest absolute Gasteiger partial charge is 0.410 e.